The van der Waals surface area contributed by atoms with E-state index in [0.717, 1.165) is 35.7 Å². The van der Waals surface area contributed by atoms with Crippen LogP contribution in [0.1, 0.15) is 24.4 Å². The lowest BCUT2D eigenvalue weighted by Crippen LogP contribution is -2.34. The summed E-state index contributed by atoms with van der Waals surface area (Å²) in [6.45, 7) is 0.699. The molecular formula is C21H25NO5. The van der Waals surface area contributed by atoms with Gasteiger partial charge in [-0.05, 0) is 55.3 Å². The average Bonchev–Trinajstić information content (AvgIpc) is 3.21. The summed E-state index contributed by atoms with van der Waals surface area (Å²) in [6, 6.07) is 12.8. The summed E-state index contributed by atoms with van der Waals surface area (Å²) < 4.78 is 21.6. The van der Waals surface area contributed by atoms with Crippen LogP contribution < -0.4 is 18.9 Å². The summed E-state index contributed by atoms with van der Waals surface area (Å²) in [5, 5.41) is 0. The second-order valence-electron chi connectivity index (χ2n) is 6.32. The third kappa shape index (κ3) is 4.27. The molecule has 1 heterocycles. The molecule has 1 aliphatic rings. The largest absolute Gasteiger partial charge is 0.497 e. The first-order valence-corrected chi connectivity index (χ1v) is 8.94. The Balaban J connectivity index is 1.70. The van der Waals surface area contributed by atoms with Gasteiger partial charge in [0.2, 0.25) is 0 Å². The van der Waals surface area contributed by atoms with Crippen LogP contribution in [0, 0.1) is 0 Å². The monoisotopic (exact) mass is 371 g/mol. The number of carbonyl (C=O) groups excluding carboxylic acids is 1. The number of rotatable bonds is 7. The van der Waals surface area contributed by atoms with Crippen molar-refractivity contribution in [3.05, 3.63) is 48.0 Å². The summed E-state index contributed by atoms with van der Waals surface area (Å²) in [6.07, 6.45) is 1.83. The van der Waals surface area contributed by atoms with Crippen molar-refractivity contribution >= 4 is 5.91 Å². The van der Waals surface area contributed by atoms with Crippen LogP contribution in [-0.2, 0) is 4.79 Å². The molecule has 144 valence electrons. The molecule has 6 nitrogen and oxygen atoms in total. The van der Waals surface area contributed by atoms with Crippen molar-refractivity contribution < 1.29 is 23.7 Å². The van der Waals surface area contributed by atoms with Crippen LogP contribution in [0.2, 0.25) is 0 Å². The Labute approximate surface area is 159 Å². The minimum absolute atomic E-state index is 0.00485. The Morgan fingerprint density at radius 1 is 0.963 bits per heavy atom. The minimum atomic E-state index is -0.0433. The fourth-order valence-electron chi connectivity index (χ4n) is 3.39. The van der Waals surface area contributed by atoms with Gasteiger partial charge in [-0.2, -0.15) is 0 Å². The normalized spacial score (nSPS) is 16.1. The van der Waals surface area contributed by atoms with E-state index in [9.17, 15) is 4.79 Å². The summed E-state index contributed by atoms with van der Waals surface area (Å²) >= 11 is 0. The second kappa shape index (κ2) is 8.66. The van der Waals surface area contributed by atoms with E-state index in [4.69, 9.17) is 18.9 Å². The zero-order valence-electron chi connectivity index (χ0n) is 15.9. The Morgan fingerprint density at radius 2 is 1.63 bits per heavy atom. The van der Waals surface area contributed by atoms with Crippen LogP contribution in [0.15, 0.2) is 42.5 Å². The average molecular weight is 371 g/mol. The maximum atomic E-state index is 12.8. The lowest BCUT2D eigenvalue weighted by atomic mass is 10.0. The minimum Gasteiger partial charge on any atom is -0.497 e. The molecule has 1 aliphatic heterocycles. The predicted molar refractivity (Wildman–Crippen MR) is 102 cm³/mol. The molecule has 0 N–H and O–H groups in total. The smallest absolute Gasteiger partial charge is 0.261 e. The third-order valence-electron chi connectivity index (χ3n) is 4.79. The highest BCUT2D eigenvalue weighted by molar-refractivity contribution is 5.78. The predicted octanol–water partition coefficient (Wildman–Crippen LogP) is 3.45. The van der Waals surface area contributed by atoms with Crippen LogP contribution in [0.3, 0.4) is 0 Å². The van der Waals surface area contributed by atoms with Crippen LogP contribution in [-0.4, -0.2) is 45.3 Å². The van der Waals surface area contributed by atoms with Gasteiger partial charge in [0.15, 0.2) is 6.61 Å². The zero-order valence-corrected chi connectivity index (χ0v) is 15.9. The standard InChI is InChI=1S/C21H25NO5/c1-24-15-6-8-16(9-7-15)27-14-21(23)22-12-4-5-19(22)18-13-17(25-2)10-11-20(18)26-3/h6-11,13,19H,4-5,12,14H2,1-3H3. The number of carbonyl (C=O) groups is 1. The molecule has 0 aliphatic carbocycles. The number of hydrogen-bond donors (Lipinski definition) is 0. The van der Waals surface area contributed by atoms with E-state index in [-0.39, 0.29) is 18.6 Å². The van der Waals surface area contributed by atoms with E-state index >= 15 is 0 Å². The molecule has 0 radical (unpaired) electrons. The van der Waals surface area contributed by atoms with Crippen molar-refractivity contribution in [3.63, 3.8) is 0 Å². The molecule has 0 spiro atoms. The van der Waals surface area contributed by atoms with E-state index in [1.165, 1.54) is 0 Å². The SMILES string of the molecule is COc1ccc(OCC(=O)N2CCCC2c2cc(OC)ccc2OC)cc1. The van der Waals surface area contributed by atoms with Gasteiger partial charge in [-0.1, -0.05) is 0 Å². The van der Waals surface area contributed by atoms with Gasteiger partial charge in [-0.15, -0.1) is 0 Å². The molecule has 0 bridgehead atoms. The fraction of sp³-hybridized carbons (Fsp3) is 0.381. The molecule has 1 saturated heterocycles. The maximum absolute atomic E-state index is 12.8. The van der Waals surface area contributed by atoms with Gasteiger partial charge in [-0.3, -0.25) is 4.79 Å². The van der Waals surface area contributed by atoms with Crippen LogP contribution in [0.25, 0.3) is 0 Å². The molecule has 2 aromatic rings. The first-order valence-electron chi connectivity index (χ1n) is 8.94. The summed E-state index contributed by atoms with van der Waals surface area (Å²) in [5.74, 6) is 2.85. The zero-order chi connectivity index (χ0) is 19.2. The van der Waals surface area contributed by atoms with Crippen molar-refractivity contribution in [1.82, 2.24) is 4.90 Å². The highest BCUT2D eigenvalue weighted by atomic mass is 16.5. The number of benzene rings is 2. The molecule has 27 heavy (non-hydrogen) atoms. The van der Waals surface area contributed by atoms with Crippen molar-refractivity contribution in [3.8, 4) is 23.0 Å². The summed E-state index contributed by atoms with van der Waals surface area (Å²) in [4.78, 5) is 14.6. The molecule has 3 rings (SSSR count). The number of likely N-dealkylation sites (tertiary alicyclic amines) is 1. The molecular weight excluding hydrogens is 346 g/mol. The quantitative estimate of drug-likeness (QED) is 0.746. The van der Waals surface area contributed by atoms with Crippen molar-refractivity contribution in [2.45, 2.75) is 18.9 Å². The summed E-state index contributed by atoms with van der Waals surface area (Å²) in [5.41, 5.74) is 0.965. The van der Waals surface area contributed by atoms with E-state index < -0.39 is 0 Å². The topological polar surface area (TPSA) is 57.2 Å². The molecule has 1 fully saturated rings. The van der Waals surface area contributed by atoms with Crippen molar-refractivity contribution in [2.24, 2.45) is 0 Å². The fourth-order valence-corrected chi connectivity index (χ4v) is 3.39. The molecule has 1 unspecified atom stereocenters. The lowest BCUT2D eigenvalue weighted by molar-refractivity contribution is -0.134. The maximum Gasteiger partial charge on any atom is 0.261 e. The van der Waals surface area contributed by atoms with E-state index in [1.807, 2.05) is 23.1 Å². The number of ether oxygens (including phenoxy) is 4. The van der Waals surface area contributed by atoms with Crippen molar-refractivity contribution in [2.75, 3.05) is 34.5 Å². The van der Waals surface area contributed by atoms with Gasteiger partial charge in [0.1, 0.15) is 23.0 Å². The molecule has 6 heteroatoms. The van der Waals surface area contributed by atoms with Crippen LogP contribution >= 0.6 is 0 Å². The summed E-state index contributed by atoms with van der Waals surface area (Å²) in [7, 11) is 4.88. The van der Waals surface area contributed by atoms with Gasteiger partial charge in [-0.25, -0.2) is 0 Å². The highest BCUT2D eigenvalue weighted by Crippen LogP contribution is 2.39. The molecule has 1 amide bonds. The molecule has 1 atom stereocenters. The first kappa shape index (κ1) is 18.9. The second-order valence-corrected chi connectivity index (χ2v) is 6.32. The van der Waals surface area contributed by atoms with Gasteiger partial charge < -0.3 is 23.8 Å². The van der Waals surface area contributed by atoms with E-state index in [2.05, 4.69) is 0 Å². The number of methoxy groups -OCH3 is 3. The van der Waals surface area contributed by atoms with Gasteiger partial charge in [0.25, 0.3) is 5.91 Å². The van der Waals surface area contributed by atoms with Crippen molar-refractivity contribution in [1.29, 1.82) is 0 Å². The lowest BCUT2D eigenvalue weighted by Gasteiger charge is -2.26. The molecule has 0 saturated carbocycles. The van der Waals surface area contributed by atoms with Gasteiger partial charge in [0, 0.05) is 12.1 Å². The van der Waals surface area contributed by atoms with E-state index in [1.54, 1.807) is 45.6 Å². The van der Waals surface area contributed by atoms with Crippen LogP contribution in [0.5, 0.6) is 23.0 Å². The first-order chi connectivity index (χ1) is 13.2. The number of hydrogen-bond acceptors (Lipinski definition) is 5. The van der Waals surface area contributed by atoms with E-state index in [0.29, 0.717) is 12.3 Å². The Bertz CT molecular complexity index is 775. The number of amides is 1. The molecule has 2 aromatic carbocycles. The van der Waals surface area contributed by atoms with Gasteiger partial charge in [0.05, 0.1) is 27.4 Å². The molecule has 0 aromatic heterocycles. The van der Waals surface area contributed by atoms with Crippen LogP contribution in [0.4, 0.5) is 0 Å². The third-order valence-corrected chi connectivity index (χ3v) is 4.79. The Morgan fingerprint density at radius 3 is 2.30 bits per heavy atom. The Kier molecular flexibility index (Phi) is 6.06. The highest BCUT2D eigenvalue weighted by Gasteiger charge is 2.32. The number of nitrogens with zero attached hydrogens (tertiary/aromatic N) is 1. The Hall–Kier alpha value is -2.89. The van der Waals surface area contributed by atoms with Gasteiger partial charge >= 0.3 is 0 Å².